The molecule has 72 valence electrons. The summed E-state index contributed by atoms with van der Waals surface area (Å²) in [6.45, 7) is 3.67. The zero-order valence-corrected chi connectivity index (χ0v) is 7.82. The Morgan fingerprint density at radius 3 is 2.85 bits per heavy atom. The van der Waals surface area contributed by atoms with Gasteiger partial charge >= 0.3 is 0 Å². The third-order valence-electron chi connectivity index (χ3n) is 1.65. The number of nitrogens with zero attached hydrogens (tertiary/aromatic N) is 2. The highest BCUT2D eigenvalue weighted by molar-refractivity contribution is 4.99. The van der Waals surface area contributed by atoms with Crippen molar-refractivity contribution in [1.82, 2.24) is 15.3 Å². The van der Waals surface area contributed by atoms with E-state index in [1.807, 2.05) is 6.92 Å². The highest BCUT2D eigenvalue weighted by Gasteiger charge is 1.93. The van der Waals surface area contributed by atoms with Crippen molar-refractivity contribution >= 4 is 0 Å². The lowest BCUT2D eigenvalue weighted by Gasteiger charge is -2.02. The van der Waals surface area contributed by atoms with E-state index in [1.54, 1.807) is 12.4 Å². The van der Waals surface area contributed by atoms with E-state index in [2.05, 4.69) is 15.3 Å². The maximum Gasteiger partial charge on any atom is 0.0724 e. The van der Waals surface area contributed by atoms with E-state index in [0.29, 0.717) is 6.54 Å². The van der Waals surface area contributed by atoms with Crippen LogP contribution in [0.15, 0.2) is 12.4 Å². The molecular weight excluding hydrogens is 166 g/mol. The Bertz CT molecular complexity index is 235. The summed E-state index contributed by atoms with van der Waals surface area (Å²) < 4.78 is 0. The van der Waals surface area contributed by atoms with Crippen molar-refractivity contribution in [1.29, 1.82) is 0 Å². The van der Waals surface area contributed by atoms with Gasteiger partial charge in [-0.3, -0.25) is 9.97 Å². The summed E-state index contributed by atoms with van der Waals surface area (Å²) in [6, 6.07) is 0. The van der Waals surface area contributed by atoms with Gasteiger partial charge in [0.2, 0.25) is 0 Å². The van der Waals surface area contributed by atoms with Crippen LogP contribution < -0.4 is 5.32 Å². The van der Waals surface area contributed by atoms with Gasteiger partial charge in [-0.25, -0.2) is 0 Å². The fourth-order valence-corrected chi connectivity index (χ4v) is 0.931. The molecule has 0 bridgehead atoms. The van der Waals surface area contributed by atoms with Crippen molar-refractivity contribution in [2.24, 2.45) is 0 Å². The maximum absolute atomic E-state index is 8.53. The molecule has 13 heavy (non-hydrogen) atoms. The van der Waals surface area contributed by atoms with Crippen LogP contribution in [0.4, 0.5) is 0 Å². The minimum absolute atomic E-state index is 0.229. The van der Waals surface area contributed by atoms with Gasteiger partial charge in [0.15, 0.2) is 0 Å². The molecule has 0 aromatic carbocycles. The van der Waals surface area contributed by atoms with Crippen molar-refractivity contribution in [2.75, 3.05) is 13.2 Å². The molecule has 1 aromatic heterocycles. The summed E-state index contributed by atoms with van der Waals surface area (Å²) in [7, 11) is 0. The van der Waals surface area contributed by atoms with Crippen LogP contribution in [0.1, 0.15) is 17.8 Å². The van der Waals surface area contributed by atoms with Crippen LogP contribution in [-0.2, 0) is 6.54 Å². The third kappa shape index (κ3) is 3.96. The highest BCUT2D eigenvalue weighted by Crippen LogP contribution is 1.92. The van der Waals surface area contributed by atoms with Crippen LogP contribution in [0.5, 0.6) is 0 Å². The lowest BCUT2D eigenvalue weighted by molar-refractivity contribution is 0.286. The number of hydrogen-bond donors (Lipinski definition) is 2. The zero-order chi connectivity index (χ0) is 9.52. The first-order valence-electron chi connectivity index (χ1n) is 4.42. The molecule has 0 aliphatic heterocycles. The van der Waals surface area contributed by atoms with Gasteiger partial charge in [-0.1, -0.05) is 0 Å². The van der Waals surface area contributed by atoms with Crippen LogP contribution in [-0.4, -0.2) is 28.2 Å². The molecule has 0 atom stereocenters. The smallest absolute Gasteiger partial charge is 0.0724 e. The lowest BCUT2D eigenvalue weighted by atomic mass is 10.4. The van der Waals surface area contributed by atoms with Crippen molar-refractivity contribution in [3.8, 4) is 0 Å². The summed E-state index contributed by atoms with van der Waals surface area (Å²) in [5, 5.41) is 11.7. The van der Waals surface area contributed by atoms with Gasteiger partial charge in [0, 0.05) is 25.5 Å². The summed E-state index contributed by atoms with van der Waals surface area (Å²) >= 11 is 0. The molecule has 0 spiro atoms. The molecular formula is C9H15N3O. The van der Waals surface area contributed by atoms with Gasteiger partial charge in [0.1, 0.15) is 0 Å². The van der Waals surface area contributed by atoms with E-state index >= 15 is 0 Å². The predicted molar refractivity (Wildman–Crippen MR) is 50.2 cm³/mol. The molecule has 0 unspecified atom stereocenters. The van der Waals surface area contributed by atoms with Gasteiger partial charge < -0.3 is 10.4 Å². The molecule has 0 saturated carbocycles. The summed E-state index contributed by atoms with van der Waals surface area (Å²) in [6.07, 6.45) is 4.30. The first kappa shape index (κ1) is 10.1. The molecule has 0 radical (unpaired) electrons. The first-order valence-corrected chi connectivity index (χ1v) is 4.42. The predicted octanol–water partition coefficient (Wildman–Crippen LogP) is 0.257. The normalized spacial score (nSPS) is 10.3. The fourth-order valence-electron chi connectivity index (χ4n) is 0.931. The van der Waals surface area contributed by atoms with E-state index < -0.39 is 0 Å². The second kappa shape index (κ2) is 5.61. The van der Waals surface area contributed by atoms with Crippen LogP contribution in [0.25, 0.3) is 0 Å². The molecule has 0 amide bonds. The summed E-state index contributed by atoms with van der Waals surface area (Å²) in [5.41, 5.74) is 1.86. The largest absolute Gasteiger partial charge is 0.396 e. The minimum atomic E-state index is 0.229. The Kier molecular flexibility index (Phi) is 4.35. The first-order chi connectivity index (χ1) is 6.33. The second-order valence-corrected chi connectivity index (χ2v) is 2.90. The Balaban J connectivity index is 2.25. The van der Waals surface area contributed by atoms with Crippen molar-refractivity contribution in [3.63, 3.8) is 0 Å². The van der Waals surface area contributed by atoms with Crippen molar-refractivity contribution in [3.05, 3.63) is 23.8 Å². The number of aliphatic hydroxyl groups excluding tert-OH is 1. The number of rotatable bonds is 5. The van der Waals surface area contributed by atoms with Crippen LogP contribution in [0, 0.1) is 6.92 Å². The van der Waals surface area contributed by atoms with Crippen molar-refractivity contribution < 1.29 is 5.11 Å². The molecule has 0 aliphatic carbocycles. The SMILES string of the molecule is Cc1cnc(CNCCCO)cn1. The Morgan fingerprint density at radius 2 is 2.23 bits per heavy atom. The van der Waals surface area contributed by atoms with Gasteiger partial charge in [-0.15, -0.1) is 0 Å². The molecule has 1 heterocycles. The zero-order valence-electron chi connectivity index (χ0n) is 7.82. The molecule has 4 nitrogen and oxygen atoms in total. The average molecular weight is 181 g/mol. The third-order valence-corrected chi connectivity index (χ3v) is 1.65. The standard InChI is InChI=1S/C9H15N3O/c1-8-5-12-9(7-11-8)6-10-3-2-4-13/h5,7,10,13H,2-4,6H2,1H3. The van der Waals surface area contributed by atoms with Crippen LogP contribution in [0.3, 0.4) is 0 Å². The molecule has 4 heteroatoms. The van der Waals surface area contributed by atoms with Crippen LogP contribution >= 0.6 is 0 Å². The molecule has 1 rings (SSSR count). The molecule has 0 fully saturated rings. The summed E-state index contributed by atoms with van der Waals surface area (Å²) in [5.74, 6) is 0. The molecule has 1 aromatic rings. The minimum Gasteiger partial charge on any atom is -0.396 e. The highest BCUT2D eigenvalue weighted by atomic mass is 16.3. The monoisotopic (exact) mass is 181 g/mol. The van der Waals surface area contributed by atoms with Crippen LogP contribution in [0.2, 0.25) is 0 Å². The Labute approximate surface area is 78.0 Å². The van der Waals surface area contributed by atoms with E-state index in [1.165, 1.54) is 0 Å². The van der Waals surface area contributed by atoms with Gasteiger partial charge in [-0.2, -0.15) is 0 Å². The quantitative estimate of drug-likeness (QED) is 0.640. The van der Waals surface area contributed by atoms with E-state index in [9.17, 15) is 0 Å². The number of aromatic nitrogens is 2. The molecule has 0 aliphatic rings. The van der Waals surface area contributed by atoms with Crippen molar-refractivity contribution in [2.45, 2.75) is 19.9 Å². The number of aryl methyl sites for hydroxylation is 1. The van der Waals surface area contributed by atoms with E-state index in [-0.39, 0.29) is 6.61 Å². The lowest BCUT2D eigenvalue weighted by Crippen LogP contribution is -2.16. The van der Waals surface area contributed by atoms with Gasteiger partial charge in [0.05, 0.1) is 11.4 Å². The topological polar surface area (TPSA) is 58.0 Å². The Hall–Kier alpha value is -1.00. The molecule has 2 N–H and O–H groups in total. The fraction of sp³-hybridized carbons (Fsp3) is 0.556. The summed E-state index contributed by atoms with van der Waals surface area (Å²) in [4.78, 5) is 8.31. The molecule has 0 saturated heterocycles. The van der Waals surface area contributed by atoms with Gasteiger partial charge in [-0.05, 0) is 19.9 Å². The Morgan fingerprint density at radius 1 is 1.38 bits per heavy atom. The van der Waals surface area contributed by atoms with Gasteiger partial charge in [0.25, 0.3) is 0 Å². The maximum atomic E-state index is 8.53. The second-order valence-electron chi connectivity index (χ2n) is 2.90. The number of hydrogen-bond acceptors (Lipinski definition) is 4. The van der Waals surface area contributed by atoms with E-state index in [4.69, 9.17) is 5.11 Å². The number of aliphatic hydroxyl groups is 1. The van der Waals surface area contributed by atoms with E-state index in [0.717, 1.165) is 24.4 Å². The average Bonchev–Trinajstić information content (AvgIpc) is 2.15. The number of nitrogens with one attached hydrogen (secondary N) is 1.